The lowest BCUT2D eigenvalue weighted by atomic mass is 10.1. The highest BCUT2D eigenvalue weighted by molar-refractivity contribution is 5.90. The van der Waals surface area contributed by atoms with Gasteiger partial charge in [-0.05, 0) is 39.8 Å². The fourth-order valence-corrected chi connectivity index (χ4v) is 1.95. The van der Waals surface area contributed by atoms with Crippen LogP contribution in [0.25, 0.3) is 0 Å². The molecule has 0 saturated heterocycles. The number of hydrogen-bond acceptors (Lipinski definition) is 8. The Morgan fingerprint density at radius 3 is 2.22 bits per heavy atom. The van der Waals surface area contributed by atoms with Crippen LogP contribution in [0.3, 0.4) is 0 Å². The second-order valence-electron chi connectivity index (χ2n) is 6.17. The third-order valence-electron chi connectivity index (χ3n) is 3.10. The highest BCUT2D eigenvalue weighted by Gasteiger charge is 2.25. The minimum atomic E-state index is -0.663. The Morgan fingerprint density at radius 2 is 1.81 bits per heavy atom. The van der Waals surface area contributed by atoms with E-state index in [-0.39, 0.29) is 23.9 Å². The van der Waals surface area contributed by atoms with Crippen LogP contribution in [-0.4, -0.2) is 47.3 Å². The molecule has 10 nitrogen and oxygen atoms in total. The van der Waals surface area contributed by atoms with Gasteiger partial charge in [0, 0.05) is 18.2 Å². The number of methoxy groups -OCH3 is 1. The van der Waals surface area contributed by atoms with Gasteiger partial charge in [0.2, 0.25) is 0 Å². The number of benzene rings is 1. The average Bonchev–Trinajstić information content (AvgIpc) is 2.57. The van der Waals surface area contributed by atoms with E-state index in [0.29, 0.717) is 12.1 Å². The van der Waals surface area contributed by atoms with Gasteiger partial charge in [0.1, 0.15) is 5.60 Å². The molecular formula is C17H22N2O8. The van der Waals surface area contributed by atoms with Crippen molar-refractivity contribution in [3.05, 3.63) is 39.4 Å². The molecule has 27 heavy (non-hydrogen) atoms. The van der Waals surface area contributed by atoms with Crippen LogP contribution in [0.15, 0.2) is 18.2 Å². The Hall–Kier alpha value is -3.26. The molecule has 0 aromatic heterocycles. The summed E-state index contributed by atoms with van der Waals surface area (Å²) in [7, 11) is 1.20. The molecule has 0 atom stereocenters. The normalized spacial score (nSPS) is 9.96. The molecule has 0 heterocycles. The molecule has 1 amide bonds. The summed E-state index contributed by atoms with van der Waals surface area (Å²) < 4.78 is 9.85. The van der Waals surface area contributed by atoms with E-state index in [9.17, 15) is 19.7 Å². The van der Waals surface area contributed by atoms with Gasteiger partial charge in [0.15, 0.2) is 0 Å². The van der Waals surface area contributed by atoms with Crippen molar-refractivity contribution in [2.24, 2.45) is 0 Å². The second-order valence-corrected chi connectivity index (χ2v) is 6.17. The third kappa shape index (κ3) is 8.10. The number of ether oxygens (including phenoxy) is 2. The maximum absolute atomic E-state index is 12.2. The lowest BCUT2D eigenvalue weighted by Gasteiger charge is -2.26. The van der Waals surface area contributed by atoms with Gasteiger partial charge in [0.25, 0.3) is 5.69 Å². The van der Waals surface area contributed by atoms with Gasteiger partial charge in [-0.3, -0.25) is 10.1 Å². The average molecular weight is 382 g/mol. The second kappa shape index (κ2) is 10.7. The highest BCUT2D eigenvalue weighted by Crippen LogP contribution is 2.23. The first kappa shape index (κ1) is 23.7. The van der Waals surface area contributed by atoms with E-state index in [1.807, 2.05) is 0 Å². The zero-order valence-corrected chi connectivity index (χ0v) is 15.8. The van der Waals surface area contributed by atoms with Crippen LogP contribution in [0.2, 0.25) is 0 Å². The van der Waals surface area contributed by atoms with Crippen molar-refractivity contribution >= 4 is 23.9 Å². The molecule has 1 rings (SSSR count). The van der Waals surface area contributed by atoms with E-state index >= 15 is 0 Å². The predicted octanol–water partition coefficient (Wildman–Crippen LogP) is 2.55. The van der Waals surface area contributed by atoms with Crippen molar-refractivity contribution in [3.63, 3.8) is 0 Å². The molecule has 0 N–H and O–H groups in total. The minimum absolute atomic E-state index is 0.00315. The molecule has 0 bridgehead atoms. The number of carbonyl (C=O) groups excluding carboxylic acids is 4. The number of rotatable bonds is 5. The Morgan fingerprint density at radius 1 is 1.26 bits per heavy atom. The summed E-state index contributed by atoms with van der Waals surface area (Å²) in [4.78, 5) is 52.0. The molecule has 10 heteroatoms. The van der Waals surface area contributed by atoms with Crippen LogP contribution in [0, 0.1) is 10.1 Å². The van der Waals surface area contributed by atoms with Crippen LogP contribution in [-0.2, 0) is 25.6 Å². The molecule has 0 aliphatic rings. The van der Waals surface area contributed by atoms with Crippen LogP contribution in [0.5, 0.6) is 0 Å². The number of amides is 1. The van der Waals surface area contributed by atoms with Crippen LogP contribution < -0.4 is 0 Å². The first-order valence-electron chi connectivity index (χ1n) is 7.83. The largest absolute Gasteiger partial charge is 0.465 e. The molecule has 1 aromatic carbocycles. The lowest BCUT2D eigenvalue weighted by molar-refractivity contribution is -0.385. The molecule has 148 valence electrons. The summed E-state index contributed by atoms with van der Waals surface area (Å²) in [5.41, 5.74) is -0.529. The SMILES string of the molecule is CCN(Cc1ccc(C(=O)OC)cc1[N+](=O)[O-])C(=O)OC(C)(C)C.O=C=O. The molecule has 0 fully saturated rings. The van der Waals surface area contributed by atoms with Gasteiger partial charge < -0.3 is 14.4 Å². The van der Waals surface area contributed by atoms with E-state index in [1.165, 1.54) is 24.1 Å². The van der Waals surface area contributed by atoms with Crippen LogP contribution in [0.4, 0.5) is 10.5 Å². The highest BCUT2D eigenvalue weighted by atomic mass is 16.6. The van der Waals surface area contributed by atoms with Gasteiger partial charge >= 0.3 is 18.2 Å². The van der Waals surface area contributed by atoms with E-state index in [4.69, 9.17) is 14.3 Å². The van der Waals surface area contributed by atoms with E-state index in [1.54, 1.807) is 27.7 Å². The predicted molar refractivity (Wildman–Crippen MR) is 91.8 cm³/mol. The minimum Gasteiger partial charge on any atom is -0.465 e. The van der Waals surface area contributed by atoms with Crippen molar-refractivity contribution < 1.29 is 33.6 Å². The molecule has 0 aliphatic heterocycles. The standard InChI is InChI=1S/C16H22N2O6.CO2/c1-6-17(15(20)24-16(2,3)4)10-12-8-7-11(14(19)23-5)9-13(12)18(21)22;2-1-3/h7-9H,6,10H2,1-5H3;. The topological polar surface area (TPSA) is 133 Å². The van der Waals surface area contributed by atoms with Gasteiger partial charge in [0.05, 0.1) is 24.1 Å². The molecule has 0 spiro atoms. The Kier molecular flexibility index (Phi) is 9.38. The quantitative estimate of drug-likeness (QED) is 0.431. The van der Waals surface area contributed by atoms with Gasteiger partial charge in [-0.25, -0.2) is 9.59 Å². The summed E-state index contributed by atoms with van der Waals surface area (Å²) in [6.45, 7) is 7.30. The Balaban J connectivity index is 0.00000210. The third-order valence-corrected chi connectivity index (χ3v) is 3.10. The summed E-state index contributed by atoms with van der Waals surface area (Å²) >= 11 is 0. The first-order valence-corrected chi connectivity index (χ1v) is 7.83. The number of carbonyl (C=O) groups is 2. The molecule has 0 unspecified atom stereocenters. The Bertz CT molecular complexity index is 718. The zero-order chi connectivity index (χ0) is 21.2. The number of esters is 1. The van der Waals surface area contributed by atoms with Gasteiger partial charge in [-0.2, -0.15) is 9.59 Å². The lowest BCUT2D eigenvalue weighted by Crippen LogP contribution is -2.36. The van der Waals surface area contributed by atoms with E-state index in [2.05, 4.69) is 4.74 Å². The van der Waals surface area contributed by atoms with Gasteiger partial charge in [-0.1, -0.05) is 0 Å². The monoisotopic (exact) mass is 382 g/mol. The zero-order valence-electron chi connectivity index (χ0n) is 15.8. The number of hydrogen-bond donors (Lipinski definition) is 0. The fourth-order valence-electron chi connectivity index (χ4n) is 1.95. The van der Waals surface area contributed by atoms with Gasteiger partial charge in [-0.15, -0.1) is 0 Å². The van der Waals surface area contributed by atoms with Crippen molar-refractivity contribution in [1.82, 2.24) is 4.90 Å². The fraction of sp³-hybridized carbons (Fsp3) is 0.471. The summed E-state index contributed by atoms with van der Waals surface area (Å²) in [6, 6.07) is 4.01. The number of nitrogens with zero attached hydrogens (tertiary/aromatic N) is 2. The van der Waals surface area contributed by atoms with Crippen molar-refractivity contribution in [2.75, 3.05) is 13.7 Å². The van der Waals surface area contributed by atoms with E-state index in [0.717, 1.165) is 6.07 Å². The number of nitro groups is 1. The van der Waals surface area contributed by atoms with Crippen molar-refractivity contribution in [3.8, 4) is 0 Å². The van der Waals surface area contributed by atoms with Crippen LogP contribution in [0.1, 0.15) is 43.6 Å². The maximum atomic E-state index is 12.2. The molecule has 0 saturated carbocycles. The molecule has 1 aromatic rings. The maximum Gasteiger partial charge on any atom is 0.410 e. The Labute approximate surface area is 156 Å². The molecule has 0 radical (unpaired) electrons. The van der Waals surface area contributed by atoms with E-state index < -0.39 is 22.6 Å². The number of nitro benzene ring substituents is 1. The first-order chi connectivity index (χ1) is 12.5. The van der Waals surface area contributed by atoms with Crippen molar-refractivity contribution in [1.29, 1.82) is 0 Å². The summed E-state index contributed by atoms with van der Waals surface area (Å²) in [5.74, 6) is -0.663. The van der Waals surface area contributed by atoms with Crippen LogP contribution >= 0.6 is 0 Å². The van der Waals surface area contributed by atoms with Crippen molar-refractivity contribution in [2.45, 2.75) is 39.8 Å². The summed E-state index contributed by atoms with van der Waals surface area (Å²) in [5, 5.41) is 11.3. The molecule has 0 aliphatic carbocycles. The molecular weight excluding hydrogens is 360 g/mol. The smallest absolute Gasteiger partial charge is 0.410 e. The summed E-state index contributed by atoms with van der Waals surface area (Å²) in [6.07, 6.45) is -0.309.